The molecule has 108 valence electrons. The zero-order valence-corrected chi connectivity index (χ0v) is 11.4. The molecule has 0 atom stereocenters. The number of nitrogen functional groups attached to an aromatic ring is 1. The third-order valence-electron chi connectivity index (χ3n) is 3.48. The summed E-state index contributed by atoms with van der Waals surface area (Å²) < 4.78 is 0. The van der Waals surface area contributed by atoms with E-state index in [4.69, 9.17) is 5.73 Å². The largest absolute Gasteiger partial charge is 0.393 e. The van der Waals surface area contributed by atoms with Crippen molar-refractivity contribution in [3.63, 3.8) is 0 Å². The number of nitro benzene ring substituents is 1. The molecule has 1 aliphatic rings. The number of carbonyl (C=O) groups is 1. The van der Waals surface area contributed by atoms with Gasteiger partial charge in [0.2, 0.25) is 5.91 Å². The van der Waals surface area contributed by atoms with Crippen molar-refractivity contribution in [2.24, 2.45) is 0 Å². The van der Waals surface area contributed by atoms with Gasteiger partial charge >= 0.3 is 0 Å². The van der Waals surface area contributed by atoms with Crippen LogP contribution in [-0.2, 0) is 4.79 Å². The fourth-order valence-electron chi connectivity index (χ4n) is 2.31. The summed E-state index contributed by atoms with van der Waals surface area (Å²) in [6.07, 6.45) is 2.11. The molecule has 1 fully saturated rings. The Morgan fingerprint density at radius 2 is 2.10 bits per heavy atom. The Bertz CT molecular complexity index is 526. The molecule has 1 heterocycles. The van der Waals surface area contributed by atoms with Crippen molar-refractivity contribution in [2.75, 3.05) is 37.3 Å². The number of carbonyl (C=O) groups excluding carboxylic acids is 1. The van der Waals surface area contributed by atoms with E-state index >= 15 is 0 Å². The molecular formula is C13H18N4O3. The highest BCUT2D eigenvalue weighted by Gasteiger charge is 2.20. The van der Waals surface area contributed by atoms with Gasteiger partial charge < -0.3 is 15.5 Å². The van der Waals surface area contributed by atoms with Gasteiger partial charge in [-0.3, -0.25) is 14.9 Å². The molecule has 20 heavy (non-hydrogen) atoms. The Kier molecular flexibility index (Phi) is 4.07. The average molecular weight is 278 g/mol. The van der Waals surface area contributed by atoms with Crippen LogP contribution in [0, 0.1) is 10.1 Å². The van der Waals surface area contributed by atoms with Crippen LogP contribution in [0.4, 0.5) is 17.1 Å². The van der Waals surface area contributed by atoms with Crippen LogP contribution < -0.4 is 10.6 Å². The van der Waals surface area contributed by atoms with Crippen LogP contribution in [0.5, 0.6) is 0 Å². The molecule has 2 rings (SSSR count). The zero-order chi connectivity index (χ0) is 14.7. The molecule has 7 heteroatoms. The first-order valence-corrected chi connectivity index (χ1v) is 6.52. The number of benzene rings is 1. The van der Waals surface area contributed by atoms with Gasteiger partial charge in [0, 0.05) is 31.9 Å². The standard InChI is InChI=1S/C13H18N4O3/c1-15(9-13(18)16-6-2-3-7-16)10-4-5-12(17(19)20)11(14)8-10/h4-5,8H,2-3,6-7,9,14H2,1H3. The minimum Gasteiger partial charge on any atom is -0.393 e. The van der Waals surface area contributed by atoms with E-state index in [1.165, 1.54) is 12.1 Å². The highest BCUT2D eigenvalue weighted by atomic mass is 16.6. The molecular weight excluding hydrogens is 260 g/mol. The number of nitrogens with two attached hydrogens (primary N) is 1. The number of likely N-dealkylation sites (N-methyl/N-ethyl adjacent to an activating group) is 1. The monoisotopic (exact) mass is 278 g/mol. The van der Waals surface area contributed by atoms with Gasteiger partial charge in [0.05, 0.1) is 11.5 Å². The molecule has 1 aromatic carbocycles. The average Bonchev–Trinajstić information content (AvgIpc) is 2.91. The van der Waals surface area contributed by atoms with Crippen LogP contribution in [0.25, 0.3) is 0 Å². The molecule has 0 saturated carbocycles. The number of amides is 1. The molecule has 0 aromatic heterocycles. The Hall–Kier alpha value is -2.31. The Labute approximate surface area is 117 Å². The lowest BCUT2D eigenvalue weighted by molar-refractivity contribution is -0.383. The third kappa shape index (κ3) is 2.98. The van der Waals surface area contributed by atoms with Gasteiger partial charge in [-0.2, -0.15) is 0 Å². The molecule has 1 aromatic rings. The van der Waals surface area contributed by atoms with Crippen LogP contribution in [0.3, 0.4) is 0 Å². The first-order chi connectivity index (χ1) is 9.49. The van der Waals surface area contributed by atoms with E-state index < -0.39 is 4.92 Å². The SMILES string of the molecule is CN(CC(=O)N1CCCC1)c1ccc([N+](=O)[O-])c(N)c1. The number of rotatable bonds is 4. The zero-order valence-electron chi connectivity index (χ0n) is 11.4. The van der Waals surface area contributed by atoms with E-state index in [-0.39, 0.29) is 23.8 Å². The summed E-state index contributed by atoms with van der Waals surface area (Å²) in [6.45, 7) is 1.88. The molecule has 2 N–H and O–H groups in total. The summed E-state index contributed by atoms with van der Waals surface area (Å²) in [4.78, 5) is 25.8. The number of anilines is 2. The molecule has 1 saturated heterocycles. The molecule has 7 nitrogen and oxygen atoms in total. The Morgan fingerprint density at radius 3 is 2.65 bits per heavy atom. The van der Waals surface area contributed by atoms with Crippen molar-refractivity contribution in [2.45, 2.75) is 12.8 Å². The van der Waals surface area contributed by atoms with Crippen molar-refractivity contribution in [1.29, 1.82) is 0 Å². The quantitative estimate of drug-likeness (QED) is 0.508. The van der Waals surface area contributed by atoms with E-state index in [0.717, 1.165) is 25.9 Å². The fraction of sp³-hybridized carbons (Fsp3) is 0.462. The van der Waals surface area contributed by atoms with Crippen LogP contribution in [-0.4, -0.2) is 42.4 Å². The van der Waals surface area contributed by atoms with E-state index in [9.17, 15) is 14.9 Å². The molecule has 0 radical (unpaired) electrons. The lowest BCUT2D eigenvalue weighted by atomic mass is 10.2. The third-order valence-corrected chi connectivity index (χ3v) is 3.48. The van der Waals surface area contributed by atoms with Crippen molar-refractivity contribution in [3.8, 4) is 0 Å². The van der Waals surface area contributed by atoms with Crippen LogP contribution in [0.2, 0.25) is 0 Å². The summed E-state index contributed by atoms with van der Waals surface area (Å²) in [7, 11) is 1.77. The number of hydrogen-bond acceptors (Lipinski definition) is 5. The first-order valence-electron chi connectivity index (χ1n) is 6.52. The van der Waals surface area contributed by atoms with Gasteiger partial charge in [-0.05, 0) is 25.0 Å². The Balaban J connectivity index is 2.05. The topological polar surface area (TPSA) is 92.7 Å². The molecule has 0 bridgehead atoms. The van der Waals surface area contributed by atoms with Crippen LogP contribution >= 0.6 is 0 Å². The number of likely N-dealkylation sites (tertiary alicyclic amines) is 1. The van der Waals surface area contributed by atoms with Gasteiger partial charge in [0.25, 0.3) is 5.69 Å². The van der Waals surface area contributed by atoms with E-state index in [1.807, 2.05) is 4.90 Å². The predicted octanol–water partition coefficient (Wildman–Crippen LogP) is 1.24. The van der Waals surface area contributed by atoms with Crippen LogP contribution in [0.15, 0.2) is 18.2 Å². The van der Waals surface area contributed by atoms with Gasteiger partial charge in [-0.25, -0.2) is 0 Å². The number of nitrogens with zero attached hydrogens (tertiary/aromatic N) is 3. The van der Waals surface area contributed by atoms with Crippen LogP contribution in [0.1, 0.15) is 12.8 Å². The van der Waals surface area contributed by atoms with Gasteiger partial charge in [0.1, 0.15) is 5.69 Å². The van der Waals surface area contributed by atoms with Gasteiger partial charge in [-0.1, -0.05) is 0 Å². The maximum Gasteiger partial charge on any atom is 0.292 e. The maximum absolute atomic E-state index is 12.0. The minimum absolute atomic E-state index is 0.0712. The molecule has 1 aliphatic heterocycles. The van der Waals surface area contributed by atoms with Crippen molar-refractivity contribution >= 4 is 23.0 Å². The molecule has 1 amide bonds. The smallest absolute Gasteiger partial charge is 0.292 e. The van der Waals surface area contributed by atoms with Crippen molar-refractivity contribution < 1.29 is 9.72 Å². The Morgan fingerprint density at radius 1 is 1.45 bits per heavy atom. The normalized spacial score (nSPS) is 14.3. The van der Waals surface area contributed by atoms with Gasteiger partial charge in [-0.15, -0.1) is 0 Å². The minimum atomic E-state index is -0.519. The maximum atomic E-state index is 12.0. The molecule has 0 unspecified atom stereocenters. The second-order valence-electron chi connectivity index (χ2n) is 4.94. The second kappa shape index (κ2) is 5.77. The summed E-state index contributed by atoms with van der Waals surface area (Å²) in [6, 6.07) is 4.49. The number of hydrogen-bond donors (Lipinski definition) is 1. The first kappa shape index (κ1) is 14.1. The highest BCUT2D eigenvalue weighted by Crippen LogP contribution is 2.26. The van der Waals surface area contributed by atoms with E-state index in [0.29, 0.717) is 5.69 Å². The fourth-order valence-corrected chi connectivity index (χ4v) is 2.31. The second-order valence-corrected chi connectivity index (χ2v) is 4.94. The molecule has 0 spiro atoms. The molecule has 0 aliphatic carbocycles. The summed E-state index contributed by atoms with van der Waals surface area (Å²) in [5.74, 6) is 0.0712. The predicted molar refractivity (Wildman–Crippen MR) is 76.6 cm³/mol. The van der Waals surface area contributed by atoms with E-state index in [2.05, 4.69) is 0 Å². The summed E-state index contributed by atoms with van der Waals surface area (Å²) >= 11 is 0. The van der Waals surface area contributed by atoms with Crippen molar-refractivity contribution in [1.82, 2.24) is 4.90 Å². The van der Waals surface area contributed by atoms with E-state index in [1.54, 1.807) is 18.0 Å². The lowest BCUT2D eigenvalue weighted by Gasteiger charge is -2.23. The summed E-state index contributed by atoms with van der Waals surface area (Å²) in [5, 5.41) is 10.7. The summed E-state index contributed by atoms with van der Waals surface area (Å²) in [5.41, 5.74) is 6.33. The highest BCUT2D eigenvalue weighted by molar-refractivity contribution is 5.82. The van der Waals surface area contributed by atoms with Crippen molar-refractivity contribution in [3.05, 3.63) is 28.3 Å². The number of nitro groups is 1. The lowest BCUT2D eigenvalue weighted by Crippen LogP contribution is -2.37. The van der Waals surface area contributed by atoms with Gasteiger partial charge in [0.15, 0.2) is 0 Å².